The second-order valence-corrected chi connectivity index (χ2v) is 14.7. The van der Waals surface area contributed by atoms with Crippen molar-refractivity contribution >= 4 is 17.8 Å². The quantitative estimate of drug-likeness (QED) is 0.394. The molecule has 11 nitrogen and oxygen atoms in total. The van der Waals surface area contributed by atoms with Gasteiger partial charge in [0.1, 0.15) is 17.9 Å². The van der Waals surface area contributed by atoms with E-state index in [0.717, 1.165) is 70.5 Å². The van der Waals surface area contributed by atoms with Gasteiger partial charge in [0.15, 0.2) is 0 Å². The van der Waals surface area contributed by atoms with Crippen molar-refractivity contribution in [2.75, 3.05) is 39.3 Å². The van der Waals surface area contributed by atoms with E-state index in [-0.39, 0.29) is 24.0 Å². The van der Waals surface area contributed by atoms with Crippen LogP contribution in [0, 0.1) is 17.8 Å². The number of nitrogens with one attached hydrogen (secondary N) is 1. The molecule has 0 bridgehead atoms. The summed E-state index contributed by atoms with van der Waals surface area (Å²) in [5, 5.41) is 11.3. The number of urea groups is 1. The zero-order valence-electron chi connectivity index (χ0n) is 28.2. The van der Waals surface area contributed by atoms with Gasteiger partial charge in [-0.2, -0.15) is 0 Å². The molecule has 11 heteroatoms. The summed E-state index contributed by atoms with van der Waals surface area (Å²) in [6.45, 7) is 16.2. The number of nitrogens with two attached hydrogens (primary N) is 1. The Balaban J connectivity index is 0.000000591. The minimum Gasteiger partial charge on any atom is -0.396 e. The van der Waals surface area contributed by atoms with Crippen LogP contribution < -0.4 is 11.1 Å². The number of hydrogen-bond donors (Lipinski definition) is 3. The molecule has 3 aliphatic heterocycles. The normalized spacial score (nSPS) is 23.1. The summed E-state index contributed by atoms with van der Waals surface area (Å²) in [6.07, 6.45) is 12.7. The molecule has 1 saturated carbocycles. The van der Waals surface area contributed by atoms with E-state index < -0.39 is 23.4 Å². The monoisotopic (exact) mass is 625 g/mol. The lowest BCUT2D eigenvalue weighted by Gasteiger charge is -2.61. The van der Waals surface area contributed by atoms with Crippen molar-refractivity contribution in [2.24, 2.45) is 16.6 Å². The molecule has 4 heterocycles. The van der Waals surface area contributed by atoms with Gasteiger partial charge in [0.25, 0.3) is 0 Å². The Morgan fingerprint density at radius 2 is 1.73 bits per heavy atom. The van der Waals surface area contributed by atoms with Gasteiger partial charge in [-0.1, -0.05) is 32.4 Å². The number of piperidine rings is 1. The molecular weight excluding hydrogens is 570 g/mol. The van der Waals surface area contributed by atoms with E-state index in [1.54, 1.807) is 4.90 Å². The molecule has 4 aliphatic rings. The lowest BCUT2D eigenvalue weighted by molar-refractivity contribution is -0.141. The van der Waals surface area contributed by atoms with Crippen LogP contribution in [0.2, 0.25) is 0 Å². The number of carbonyl (C=O) groups excluding carboxylic acids is 3. The molecule has 4 fully saturated rings. The van der Waals surface area contributed by atoms with Crippen LogP contribution in [0.5, 0.6) is 0 Å². The number of primary amides is 1. The molecule has 1 spiro atoms. The Kier molecular flexibility index (Phi) is 11.3. The van der Waals surface area contributed by atoms with Gasteiger partial charge in [-0.15, -0.1) is 0 Å². The summed E-state index contributed by atoms with van der Waals surface area (Å²) in [5.41, 5.74) is 7.77. The fraction of sp³-hybridized carbons (Fsp3) is 0.735. The zero-order chi connectivity index (χ0) is 32.9. The number of aromatic nitrogens is 2. The summed E-state index contributed by atoms with van der Waals surface area (Å²) < 4.78 is 0. The fourth-order valence-electron chi connectivity index (χ4n) is 7.25. The van der Waals surface area contributed by atoms with Crippen LogP contribution in [0.15, 0.2) is 24.0 Å². The SMILES string of the molecule is C/C=C(\C)CCO.Cc1ncc(C2CCN(C3CC4(C3)CN(C(=O)NC(C(=O)N3CCCC3C(N)=O)C(C)(C)C)C4)CC2)cn1. The van der Waals surface area contributed by atoms with Crippen LogP contribution >= 0.6 is 0 Å². The summed E-state index contributed by atoms with van der Waals surface area (Å²) in [6, 6.07) is -0.886. The Bertz CT molecular complexity index is 1210. The highest BCUT2D eigenvalue weighted by Crippen LogP contribution is 2.51. The smallest absolute Gasteiger partial charge is 0.318 e. The number of hydrogen-bond acceptors (Lipinski definition) is 7. The Hall–Kier alpha value is -3.05. The second kappa shape index (κ2) is 14.6. The van der Waals surface area contributed by atoms with Gasteiger partial charge in [-0.25, -0.2) is 14.8 Å². The van der Waals surface area contributed by atoms with E-state index in [4.69, 9.17) is 10.8 Å². The molecular formula is C34H55N7O4. The maximum atomic E-state index is 13.4. The van der Waals surface area contributed by atoms with Gasteiger partial charge in [0.2, 0.25) is 11.8 Å². The molecule has 4 amide bonds. The van der Waals surface area contributed by atoms with E-state index in [0.29, 0.717) is 24.9 Å². The van der Waals surface area contributed by atoms with Crippen molar-refractivity contribution in [1.82, 2.24) is 30.0 Å². The average Bonchev–Trinajstić information content (AvgIpc) is 3.45. The van der Waals surface area contributed by atoms with Crippen LogP contribution in [0.3, 0.4) is 0 Å². The molecule has 1 aromatic rings. The number of aryl methyl sites for hydroxylation is 1. The summed E-state index contributed by atoms with van der Waals surface area (Å²) in [4.78, 5) is 53.1. The van der Waals surface area contributed by atoms with Crippen LogP contribution in [0.4, 0.5) is 4.79 Å². The molecule has 45 heavy (non-hydrogen) atoms. The lowest BCUT2D eigenvalue weighted by Crippen LogP contribution is -2.70. The first-order chi connectivity index (χ1) is 21.3. The largest absolute Gasteiger partial charge is 0.396 e. The number of allylic oxidation sites excluding steroid dienone is 1. The Labute approximate surface area is 269 Å². The molecule has 0 radical (unpaired) electrons. The van der Waals surface area contributed by atoms with Gasteiger partial charge >= 0.3 is 6.03 Å². The maximum Gasteiger partial charge on any atom is 0.318 e. The minimum atomic E-state index is -0.708. The second-order valence-electron chi connectivity index (χ2n) is 14.7. The number of amides is 4. The van der Waals surface area contributed by atoms with Crippen LogP contribution in [0.1, 0.15) is 96.9 Å². The van der Waals surface area contributed by atoms with E-state index in [9.17, 15) is 14.4 Å². The molecule has 1 aliphatic carbocycles. The highest BCUT2D eigenvalue weighted by atomic mass is 16.3. The molecule has 5 rings (SSSR count). The average molecular weight is 626 g/mol. The van der Waals surface area contributed by atoms with Gasteiger partial charge < -0.3 is 30.9 Å². The van der Waals surface area contributed by atoms with Gasteiger partial charge in [0, 0.05) is 50.1 Å². The van der Waals surface area contributed by atoms with E-state index in [1.807, 2.05) is 64.9 Å². The minimum absolute atomic E-state index is 0.191. The van der Waals surface area contributed by atoms with Gasteiger partial charge in [0.05, 0.1) is 0 Å². The molecule has 0 aromatic carbocycles. The van der Waals surface area contributed by atoms with Crippen molar-refractivity contribution in [1.29, 1.82) is 0 Å². The first-order valence-electron chi connectivity index (χ1n) is 16.7. The first kappa shape index (κ1) is 34.8. The summed E-state index contributed by atoms with van der Waals surface area (Å²) >= 11 is 0. The first-order valence-corrected chi connectivity index (χ1v) is 16.7. The predicted molar refractivity (Wildman–Crippen MR) is 174 cm³/mol. The van der Waals surface area contributed by atoms with Crippen molar-refractivity contribution in [3.63, 3.8) is 0 Å². The highest BCUT2D eigenvalue weighted by Gasteiger charge is 2.55. The summed E-state index contributed by atoms with van der Waals surface area (Å²) in [5.74, 6) is 0.665. The van der Waals surface area contributed by atoms with Crippen LogP contribution in [-0.4, -0.2) is 105 Å². The van der Waals surface area contributed by atoms with Crippen molar-refractivity contribution in [2.45, 2.75) is 111 Å². The molecule has 1 aromatic heterocycles. The van der Waals surface area contributed by atoms with E-state index >= 15 is 0 Å². The summed E-state index contributed by atoms with van der Waals surface area (Å²) in [7, 11) is 0. The third-order valence-corrected chi connectivity index (χ3v) is 10.2. The Morgan fingerprint density at radius 3 is 2.24 bits per heavy atom. The van der Waals surface area contributed by atoms with Gasteiger partial charge in [-0.05, 0) is 95.7 Å². The topological polar surface area (TPSA) is 145 Å². The van der Waals surface area contributed by atoms with Crippen LogP contribution in [0.25, 0.3) is 0 Å². The highest BCUT2D eigenvalue weighted by molar-refractivity contribution is 5.92. The standard InChI is InChI=1S/C28H43N7O3.C6H12O/c1-18-30-14-20(15-31-18)19-7-10-33(11-8-19)21-12-28(13-21)16-34(17-28)26(38)32-23(27(2,3)4)25(37)35-9-5-6-22(35)24(29)36;1-3-6(2)4-5-7/h14-15,19,21-23H,5-13,16-17H2,1-4H3,(H2,29,36)(H,32,38);3,7H,4-5H2,1-2H3/b;6-3+. The van der Waals surface area contributed by atoms with Crippen molar-refractivity contribution in [3.8, 4) is 0 Å². The lowest BCUT2D eigenvalue weighted by atomic mass is 9.60. The fourth-order valence-corrected chi connectivity index (χ4v) is 7.25. The number of nitrogens with zero attached hydrogens (tertiary/aromatic N) is 5. The molecule has 2 atom stereocenters. The number of aliphatic hydroxyl groups is 1. The number of likely N-dealkylation sites (tertiary alicyclic amines) is 3. The predicted octanol–water partition coefficient (Wildman–Crippen LogP) is 3.36. The third kappa shape index (κ3) is 8.41. The number of carbonyl (C=O) groups is 3. The molecule has 2 unspecified atom stereocenters. The van der Waals surface area contributed by atoms with Gasteiger partial charge in [-0.3, -0.25) is 9.59 Å². The van der Waals surface area contributed by atoms with E-state index in [1.165, 1.54) is 11.1 Å². The third-order valence-electron chi connectivity index (χ3n) is 10.2. The van der Waals surface area contributed by atoms with Crippen LogP contribution in [-0.2, 0) is 9.59 Å². The van der Waals surface area contributed by atoms with E-state index in [2.05, 4.69) is 20.2 Å². The maximum absolute atomic E-state index is 13.4. The number of rotatable bonds is 7. The van der Waals surface area contributed by atoms with Crippen molar-refractivity contribution in [3.05, 3.63) is 35.4 Å². The zero-order valence-corrected chi connectivity index (χ0v) is 28.2. The molecule has 250 valence electrons. The Morgan fingerprint density at radius 1 is 1.11 bits per heavy atom. The molecule has 3 saturated heterocycles. The molecule has 4 N–H and O–H groups in total. The number of aliphatic hydroxyl groups excluding tert-OH is 1. The van der Waals surface area contributed by atoms with Crippen molar-refractivity contribution < 1.29 is 19.5 Å².